The summed E-state index contributed by atoms with van der Waals surface area (Å²) in [6, 6.07) is 21.4. The maximum Gasteiger partial charge on any atom is 0.124 e. The molecule has 0 fully saturated rings. The van der Waals surface area contributed by atoms with Crippen LogP contribution in [-0.2, 0) is 13.2 Å². The van der Waals surface area contributed by atoms with E-state index in [1.54, 1.807) is 0 Å². The summed E-state index contributed by atoms with van der Waals surface area (Å²) < 4.78 is 6.27. The van der Waals surface area contributed by atoms with Crippen LogP contribution in [-0.4, -0.2) is 6.54 Å². The molecule has 0 saturated carbocycles. The molecule has 0 heterocycles. The van der Waals surface area contributed by atoms with Crippen molar-refractivity contribution >= 4 is 10.8 Å². The molecule has 0 radical (unpaired) electrons. The second-order valence-electron chi connectivity index (χ2n) is 7.99. The number of rotatable bonds is 12. The van der Waals surface area contributed by atoms with Crippen LogP contribution in [0, 0.1) is 6.92 Å². The molecular weight excluding hydrogens is 354 g/mol. The van der Waals surface area contributed by atoms with Crippen LogP contribution in [0.5, 0.6) is 5.75 Å². The lowest BCUT2D eigenvalue weighted by molar-refractivity contribution is 0.302. The van der Waals surface area contributed by atoms with Crippen molar-refractivity contribution in [1.29, 1.82) is 0 Å². The van der Waals surface area contributed by atoms with E-state index >= 15 is 0 Å². The van der Waals surface area contributed by atoms with E-state index in [-0.39, 0.29) is 0 Å². The Morgan fingerprint density at radius 3 is 2.52 bits per heavy atom. The van der Waals surface area contributed by atoms with Crippen molar-refractivity contribution in [2.75, 3.05) is 6.54 Å². The van der Waals surface area contributed by atoms with E-state index in [2.05, 4.69) is 79.8 Å². The molecule has 0 spiro atoms. The van der Waals surface area contributed by atoms with Gasteiger partial charge in [-0.3, -0.25) is 0 Å². The Bertz CT molecular complexity index is 887. The van der Waals surface area contributed by atoms with Gasteiger partial charge in [0.1, 0.15) is 12.4 Å². The molecule has 0 atom stereocenters. The molecule has 154 valence electrons. The van der Waals surface area contributed by atoms with Gasteiger partial charge in [-0.1, -0.05) is 99.2 Å². The van der Waals surface area contributed by atoms with Gasteiger partial charge in [0.25, 0.3) is 0 Å². The maximum atomic E-state index is 6.27. The minimum atomic E-state index is 0.602. The van der Waals surface area contributed by atoms with Gasteiger partial charge in [0, 0.05) is 12.1 Å². The van der Waals surface area contributed by atoms with E-state index < -0.39 is 0 Å². The largest absolute Gasteiger partial charge is 0.489 e. The molecule has 29 heavy (non-hydrogen) atoms. The summed E-state index contributed by atoms with van der Waals surface area (Å²) in [6.07, 6.45) is 7.97. The number of aryl methyl sites for hydroxylation is 1. The van der Waals surface area contributed by atoms with Gasteiger partial charge in [-0.15, -0.1) is 0 Å². The van der Waals surface area contributed by atoms with Gasteiger partial charge in [0.15, 0.2) is 0 Å². The van der Waals surface area contributed by atoms with Crippen molar-refractivity contribution < 1.29 is 4.74 Å². The third-order valence-corrected chi connectivity index (χ3v) is 5.48. The van der Waals surface area contributed by atoms with Crippen molar-refractivity contribution in [2.24, 2.45) is 0 Å². The molecule has 0 aromatic heterocycles. The van der Waals surface area contributed by atoms with Gasteiger partial charge in [0.2, 0.25) is 0 Å². The third kappa shape index (κ3) is 6.61. The van der Waals surface area contributed by atoms with E-state index in [4.69, 9.17) is 4.74 Å². The monoisotopic (exact) mass is 389 g/mol. The average Bonchev–Trinajstić information content (AvgIpc) is 2.74. The Labute approximate surface area is 176 Å². The predicted molar refractivity (Wildman–Crippen MR) is 125 cm³/mol. The first-order valence-electron chi connectivity index (χ1n) is 11.2. The fourth-order valence-electron chi connectivity index (χ4n) is 3.84. The fraction of sp³-hybridized carbons (Fsp3) is 0.407. The van der Waals surface area contributed by atoms with Crippen LogP contribution in [0.1, 0.15) is 62.1 Å². The molecule has 3 aromatic carbocycles. The first-order valence-corrected chi connectivity index (χ1v) is 11.2. The van der Waals surface area contributed by atoms with E-state index in [1.807, 2.05) is 0 Å². The van der Waals surface area contributed by atoms with Crippen LogP contribution < -0.4 is 10.1 Å². The molecule has 0 aliphatic carbocycles. The summed E-state index contributed by atoms with van der Waals surface area (Å²) in [5, 5.41) is 6.20. The van der Waals surface area contributed by atoms with Crippen molar-refractivity contribution in [3.63, 3.8) is 0 Å². The van der Waals surface area contributed by atoms with E-state index in [9.17, 15) is 0 Å². The Balaban J connectivity index is 1.63. The summed E-state index contributed by atoms with van der Waals surface area (Å²) in [6.45, 7) is 6.90. The van der Waals surface area contributed by atoms with Gasteiger partial charge in [0.05, 0.1) is 0 Å². The van der Waals surface area contributed by atoms with Crippen molar-refractivity contribution in [3.8, 4) is 5.75 Å². The number of ether oxygens (including phenoxy) is 1. The van der Waals surface area contributed by atoms with Crippen LogP contribution in [0.4, 0.5) is 0 Å². The molecule has 0 unspecified atom stereocenters. The zero-order chi connectivity index (χ0) is 20.3. The summed E-state index contributed by atoms with van der Waals surface area (Å²) >= 11 is 0. The number of unbranched alkanes of at least 4 members (excludes halogenated alkanes) is 5. The van der Waals surface area contributed by atoms with Crippen molar-refractivity contribution in [2.45, 2.75) is 65.5 Å². The molecule has 0 bridgehead atoms. The first kappa shape index (κ1) is 21.4. The van der Waals surface area contributed by atoms with Crippen LogP contribution in [0.15, 0.2) is 60.7 Å². The van der Waals surface area contributed by atoms with Crippen LogP contribution in [0.25, 0.3) is 10.8 Å². The van der Waals surface area contributed by atoms with Gasteiger partial charge < -0.3 is 10.1 Å². The molecule has 0 aliphatic heterocycles. The number of fused-ring (bicyclic) bond motifs is 1. The highest BCUT2D eigenvalue weighted by atomic mass is 16.5. The van der Waals surface area contributed by atoms with Gasteiger partial charge >= 0.3 is 0 Å². The smallest absolute Gasteiger partial charge is 0.124 e. The lowest BCUT2D eigenvalue weighted by Gasteiger charge is -2.15. The minimum absolute atomic E-state index is 0.602. The topological polar surface area (TPSA) is 21.3 Å². The molecule has 0 saturated heterocycles. The predicted octanol–water partition coefficient (Wildman–Crippen LogP) is 7.18. The molecular formula is C27H35NO. The Morgan fingerprint density at radius 1 is 0.828 bits per heavy atom. The van der Waals surface area contributed by atoms with Crippen LogP contribution in [0.2, 0.25) is 0 Å². The lowest BCUT2D eigenvalue weighted by Crippen LogP contribution is -2.16. The maximum absolute atomic E-state index is 6.27. The normalized spacial score (nSPS) is 11.1. The van der Waals surface area contributed by atoms with Crippen LogP contribution in [0.3, 0.4) is 0 Å². The highest BCUT2D eigenvalue weighted by molar-refractivity contribution is 5.87. The fourth-order valence-corrected chi connectivity index (χ4v) is 3.84. The summed E-state index contributed by atoms with van der Waals surface area (Å²) in [7, 11) is 0. The number of hydrogen-bond acceptors (Lipinski definition) is 2. The van der Waals surface area contributed by atoms with Gasteiger partial charge in [-0.25, -0.2) is 0 Å². The number of benzene rings is 3. The zero-order valence-corrected chi connectivity index (χ0v) is 18.0. The summed E-state index contributed by atoms with van der Waals surface area (Å²) in [4.78, 5) is 0. The molecule has 2 heteroatoms. The molecule has 0 aliphatic rings. The van der Waals surface area contributed by atoms with Crippen LogP contribution >= 0.6 is 0 Å². The highest BCUT2D eigenvalue weighted by Crippen LogP contribution is 2.29. The quantitative estimate of drug-likeness (QED) is 0.331. The minimum Gasteiger partial charge on any atom is -0.489 e. The molecule has 0 amide bonds. The second-order valence-corrected chi connectivity index (χ2v) is 7.99. The zero-order valence-electron chi connectivity index (χ0n) is 18.0. The molecule has 2 nitrogen and oxygen atoms in total. The molecule has 1 N–H and O–H groups in total. The van der Waals surface area contributed by atoms with E-state index in [0.29, 0.717) is 6.61 Å². The average molecular weight is 390 g/mol. The van der Waals surface area contributed by atoms with Crippen molar-refractivity contribution in [3.05, 3.63) is 77.4 Å². The second kappa shape index (κ2) is 11.6. The number of hydrogen-bond donors (Lipinski definition) is 1. The first-order chi connectivity index (χ1) is 14.3. The highest BCUT2D eigenvalue weighted by Gasteiger charge is 2.09. The molecule has 3 aromatic rings. The summed E-state index contributed by atoms with van der Waals surface area (Å²) in [5.74, 6) is 0.987. The Morgan fingerprint density at radius 2 is 1.66 bits per heavy atom. The standard InChI is InChI=1S/C27H35NO/c1-3-4-5-6-7-10-18-28-20-26-25-15-9-8-14-24(25)16-17-27(26)29-21-23-13-11-12-22(2)19-23/h8-9,11-17,19,28H,3-7,10,18,20-21H2,1-2H3. The van der Waals surface area contributed by atoms with Crippen molar-refractivity contribution in [1.82, 2.24) is 5.32 Å². The number of nitrogens with one attached hydrogen (secondary N) is 1. The third-order valence-electron chi connectivity index (χ3n) is 5.48. The van der Waals surface area contributed by atoms with E-state index in [1.165, 1.54) is 66.0 Å². The summed E-state index contributed by atoms with van der Waals surface area (Å²) in [5.41, 5.74) is 3.75. The Kier molecular flexibility index (Phi) is 8.58. The van der Waals surface area contributed by atoms with Gasteiger partial charge in [-0.2, -0.15) is 0 Å². The lowest BCUT2D eigenvalue weighted by atomic mass is 10.0. The SMILES string of the molecule is CCCCCCCCNCc1c(OCc2cccc(C)c2)ccc2ccccc12. The molecule has 3 rings (SSSR count). The van der Waals surface area contributed by atoms with Gasteiger partial charge in [-0.05, 0) is 42.3 Å². The Hall–Kier alpha value is -2.32. The van der Waals surface area contributed by atoms with E-state index in [0.717, 1.165) is 18.8 Å².